The van der Waals surface area contributed by atoms with E-state index in [1.54, 1.807) is 0 Å². The summed E-state index contributed by atoms with van der Waals surface area (Å²) in [5, 5.41) is 2.82. The first-order valence-electron chi connectivity index (χ1n) is 8.62. The largest absolute Gasteiger partial charge is 0.354 e. The third kappa shape index (κ3) is 5.68. The molecule has 140 valence electrons. The lowest BCUT2D eigenvalue weighted by atomic mass is 10.1. The summed E-state index contributed by atoms with van der Waals surface area (Å²) in [7, 11) is -3.39. The molecular formula is C20H26N2O3S. The molecule has 1 atom stereocenters. The summed E-state index contributed by atoms with van der Waals surface area (Å²) >= 11 is 0. The number of aryl methyl sites for hydroxylation is 1. The number of rotatable bonds is 8. The molecule has 0 radical (unpaired) electrons. The molecule has 0 aliphatic rings. The molecule has 0 aliphatic heterocycles. The monoisotopic (exact) mass is 374 g/mol. The Morgan fingerprint density at radius 1 is 1.08 bits per heavy atom. The molecule has 0 bridgehead atoms. The molecule has 2 rings (SSSR count). The lowest BCUT2D eigenvalue weighted by molar-refractivity contribution is -0.120. The Bertz CT molecular complexity index is 835. The van der Waals surface area contributed by atoms with Crippen LogP contribution in [0.25, 0.3) is 0 Å². The Balaban J connectivity index is 1.96. The van der Waals surface area contributed by atoms with Crippen LogP contribution in [0.1, 0.15) is 29.7 Å². The molecule has 6 heteroatoms. The molecule has 0 spiro atoms. The minimum absolute atomic E-state index is 0.111. The van der Waals surface area contributed by atoms with Crippen molar-refractivity contribution in [1.29, 1.82) is 0 Å². The van der Waals surface area contributed by atoms with Crippen molar-refractivity contribution in [2.24, 2.45) is 0 Å². The molecule has 26 heavy (non-hydrogen) atoms. The second-order valence-electron chi connectivity index (χ2n) is 6.41. The molecule has 0 heterocycles. The van der Waals surface area contributed by atoms with Crippen molar-refractivity contribution in [2.45, 2.75) is 26.3 Å². The van der Waals surface area contributed by atoms with E-state index in [4.69, 9.17) is 0 Å². The van der Waals surface area contributed by atoms with Gasteiger partial charge in [0, 0.05) is 19.1 Å². The Labute approximate surface area is 156 Å². The van der Waals surface area contributed by atoms with Crippen molar-refractivity contribution in [3.05, 3.63) is 71.3 Å². The van der Waals surface area contributed by atoms with Gasteiger partial charge in [-0.2, -0.15) is 4.31 Å². The number of hydrogen-bond acceptors (Lipinski definition) is 3. The third-order valence-electron chi connectivity index (χ3n) is 4.41. The molecule has 5 nitrogen and oxygen atoms in total. The molecule has 0 saturated heterocycles. The second-order valence-corrected chi connectivity index (χ2v) is 8.35. The fourth-order valence-electron chi connectivity index (χ4n) is 2.89. The van der Waals surface area contributed by atoms with Crippen LogP contribution < -0.4 is 5.32 Å². The van der Waals surface area contributed by atoms with Gasteiger partial charge in [0.1, 0.15) is 0 Å². The van der Waals surface area contributed by atoms with Crippen molar-refractivity contribution < 1.29 is 13.2 Å². The van der Waals surface area contributed by atoms with Gasteiger partial charge in [-0.15, -0.1) is 0 Å². The van der Waals surface area contributed by atoms with Crippen molar-refractivity contribution in [3.8, 4) is 0 Å². The molecule has 1 N–H and O–H groups in total. The average Bonchev–Trinajstić information content (AvgIpc) is 2.60. The Kier molecular flexibility index (Phi) is 6.94. The smallest absolute Gasteiger partial charge is 0.224 e. The van der Waals surface area contributed by atoms with E-state index >= 15 is 0 Å². The highest BCUT2D eigenvalue weighted by atomic mass is 32.2. The highest BCUT2D eigenvalue weighted by Crippen LogP contribution is 2.21. The second kappa shape index (κ2) is 8.96. The standard InChI is InChI=1S/C20H26N2O3S/c1-16-9-7-8-12-19(16)15-20(23)21-13-14-22(26(3,24)25)17(2)18-10-5-4-6-11-18/h4-12,17H,13-15H2,1-3H3,(H,21,23). The summed E-state index contributed by atoms with van der Waals surface area (Å²) < 4.78 is 25.8. The van der Waals surface area contributed by atoms with E-state index in [0.29, 0.717) is 6.42 Å². The van der Waals surface area contributed by atoms with Crippen molar-refractivity contribution >= 4 is 15.9 Å². The van der Waals surface area contributed by atoms with Gasteiger partial charge < -0.3 is 5.32 Å². The number of carbonyl (C=O) groups is 1. The van der Waals surface area contributed by atoms with E-state index in [1.165, 1.54) is 10.6 Å². The Morgan fingerprint density at radius 2 is 1.69 bits per heavy atom. The van der Waals surface area contributed by atoms with Crippen LogP contribution in [0, 0.1) is 6.92 Å². The van der Waals surface area contributed by atoms with Gasteiger partial charge in [0.2, 0.25) is 15.9 Å². The maximum absolute atomic E-state index is 12.2. The van der Waals surface area contributed by atoms with Crippen LogP contribution in [0.5, 0.6) is 0 Å². The Morgan fingerprint density at radius 3 is 2.31 bits per heavy atom. The molecular weight excluding hydrogens is 348 g/mol. The van der Waals surface area contributed by atoms with Gasteiger partial charge in [-0.3, -0.25) is 4.79 Å². The van der Waals surface area contributed by atoms with Gasteiger partial charge in [-0.25, -0.2) is 8.42 Å². The Hall–Kier alpha value is -2.18. The average molecular weight is 375 g/mol. The van der Waals surface area contributed by atoms with E-state index < -0.39 is 10.0 Å². The van der Waals surface area contributed by atoms with Gasteiger partial charge in [-0.05, 0) is 30.5 Å². The predicted molar refractivity (Wildman–Crippen MR) is 104 cm³/mol. The molecule has 0 aliphatic carbocycles. The maximum atomic E-state index is 12.2. The van der Waals surface area contributed by atoms with Gasteiger partial charge in [0.05, 0.1) is 12.7 Å². The van der Waals surface area contributed by atoms with Crippen LogP contribution >= 0.6 is 0 Å². The highest BCUT2D eigenvalue weighted by molar-refractivity contribution is 7.88. The summed E-state index contributed by atoms with van der Waals surface area (Å²) in [5.41, 5.74) is 2.96. The molecule has 2 aromatic carbocycles. The van der Waals surface area contributed by atoms with Crippen molar-refractivity contribution in [1.82, 2.24) is 9.62 Å². The fraction of sp³-hybridized carbons (Fsp3) is 0.350. The lowest BCUT2D eigenvalue weighted by Crippen LogP contribution is -2.39. The number of nitrogens with one attached hydrogen (secondary N) is 1. The minimum atomic E-state index is -3.39. The number of hydrogen-bond donors (Lipinski definition) is 1. The molecule has 0 aromatic heterocycles. The van der Waals surface area contributed by atoms with Crippen LogP contribution in [-0.4, -0.2) is 38.0 Å². The predicted octanol–water partition coefficient (Wildman–Crippen LogP) is 2.68. The van der Waals surface area contributed by atoms with E-state index in [2.05, 4.69) is 5.32 Å². The molecule has 1 amide bonds. The van der Waals surface area contributed by atoms with Gasteiger partial charge in [-0.1, -0.05) is 54.6 Å². The van der Waals surface area contributed by atoms with E-state index in [0.717, 1.165) is 16.7 Å². The minimum Gasteiger partial charge on any atom is -0.354 e. The van der Waals surface area contributed by atoms with E-state index in [9.17, 15) is 13.2 Å². The topological polar surface area (TPSA) is 66.5 Å². The van der Waals surface area contributed by atoms with E-state index in [1.807, 2.05) is 68.4 Å². The van der Waals surface area contributed by atoms with Crippen LogP contribution in [-0.2, 0) is 21.2 Å². The fourth-order valence-corrected chi connectivity index (χ4v) is 4.01. The summed E-state index contributed by atoms with van der Waals surface area (Å²) in [6, 6.07) is 16.9. The summed E-state index contributed by atoms with van der Waals surface area (Å²) in [5.74, 6) is -0.111. The number of sulfonamides is 1. The number of nitrogens with zero attached hydrogens (tertiary/aromatic N) is 1. The zero-order valence-corrected chi connectivity index (χ0v) is 16.3. The lowest BCUT2D eigenvalue weighted by Gasteiger charge is -2.27. The normalized spacial score (nSPS) is 12.8. The quantitative estimate of drug-likeness (QED) is 0.772. The maximum Gasteiger partial charge on any atom is 0.224 e. The first kappa shape index (κ1) is 20.1. The molecule has 0 saturated carbocycles. The number of benzene rings is 2. The van der Waals surface area contributed by atoms with E-state index in [-0.39, 0.29) is 25.0 Å². The molecule has 0 fully saturated rings. The van der Waals surface area contributed by atoms with Crippen molar-refractivity contribution in [3.63, 3.8) is 0 Å². The van der Waals surface area contributed by atoms with Gasteiger partial charge in [0.15, 0.2) is 0 Å². The number of carbonyl (C=O) groups excluding carboxylic acids is 1. The number of amides is 1. The first-order valence-corrected chi connectivity index (χ1v) is 10.5. The van der Waals surface area contributed by atoms with Gasteiger partial charge in [0.25, 0.3) is 0 Å². The summed E-state index contributed by atoms with van der Waals surface area (Å²) in [6.45, 7) is 4.32. The molecule has 2 aromatic rings. The van der Waals surface area contributed by atoms with Crippen LogP contribution in [0.3, 0.4) is 0 Å². The van der Waals surface area contributed by atoms with Crippen LogP contribution in [0.2, 0.25) is 0 Å². The summed E-state index contributed by atoms with van der Waals surface area (Å²) in [4.78, 5) is 12.2. The first-order chi connectivity index (χ1) is 12.3. The van der Waals surface area contributed by atoms with Crippen LogP contribution in [0.4, 0.5) is 0 Å². The zero-order chi connectivity index (χ0) is 19.2. The highest BCUT2D eigenvalue weighted by Gasteiger charge is 2.24. The summed E-state index contributed by atoms with van der Waals surface area (Å²) in [6.07, 6.45) is 1.49. The van der Waals surface area contributed by atoms with Crippen molar-refractivity contribution in [2.75, 3.05) is 19.3 Å². The third-order valence-corrected chi connectivity index (χ3v) is 5.76. The SMILES string of the molecule is Cc1ccccc1CC(=O)NCCN(C(C)c1ccccc1)S(C)(=O)=O. The molecule has 1 unspecified atom stereocenters. The zero-order valence-electron chi connectivity index (χ0n) is 15.5. The van der Waals surface area contributed by atoms with Gasteiger partial charge >= 0.3 is 0 Å². The van der Waals surface area contributed by atoms with Crippen LogP contribution in [0.15, 0.2) is 54.6 Å².